The SMILES string of the molecule is CC1(NC(=O)c2ccnc(F)c2)CCCOC1. The number of hydrogen-bond donors (Lipinski definition) is 1. The molecule has 1 aromatic heterocycles. The second-order valence-electron chi connectivity index (χ2n) is 4.54. The highest BCUT2D eigenvalue weighted by atomic mass is 19.1. The first kappa shape index (κ1) is 12.0. The molecule has 0 radical (unpaired) electrons. The molecule has 2 rings (SSSR count). The second kappa shape index (κ2) is 4.79. The average molecular weight is 238 g/mol. The zero-order valence-electron chi connectivity index (χ0n) is 9.70. The van der Waals surface area contributed by atoms with Gasteiger partial charge in [-0.15, -0.1) is 0 Å². The highest BCUT2D eigenvalue weighted by Gasteiger charge is 2.29. The van der Waals surface area contributed by atoms with E-state index in [-0.39, 0.29) is 17.0 Å². The van der Waals surface area contributed by atoms with Gasteiger partial charge in [0.05, 0.1) is 12.1 Å². The number of carbonyl (C=O) groups excluding carboxylic acids is 1. The molecule has 1 aromatic rings. The molecule has 17 heavy (non-hydrogen) atoms. The van der Waals surface area contributed by atoms with Crippen molar-refractivity contribution >= 4 is 5.91 Å². The van der Waals surface area contributed by atoms with Gasteiger partial charge >= 0.3 is 0 Å². The van der Waals surface area contributed by atoms with Crippen molar-refractivity contribution in [3.63, 3.8) is 0 Å². The van der Waals surface area contributed by atoms with Gasteiger partial charge in [0.25, 0.3) is 5.91 Å². The van der Waals surface area contributed by atoms with E-state index in [1.807, 2.05) is 6.92 Å². The smallest absolute Gasteiger partial charge is 0.252 e. The van der Waals surface area contributed by atoms with Gasteiger partial charge in [-0.1, -0.05) is 0 Å². The molecule has 1 N–H and O–H groups in total. The second-order valence-corrected chi connectivity index (χ2v) is 4.54. The Balaban J connectivity index is 2.06. The highest BCUT2D eigenvalue weighted by molar-refractivity contribution is 5.94. The lowest BCUT2D eigenvalue weighted by atomic mass is 9.94. The van der Waals surface area contributed by atoms with Crippen molar-refractivity contribution in [3.8, 4) is 0 Å². The highest BCUT2D eigenvalue weighted by Crippen LogP contribution is 2.18. The summed E-state index contributed by atoms with van der Waals surface area (Å²) in [5.41, 5.74) is -0.0842. The molecule has 1 saturated heterocycles. The number of rotatable bonds is 2. The molecular formula is C12H15FN2O2. The van der Waals surface area contributed by atoms with E-state index in [4.69, 9.17) is 4.74 Å². The molecule has 1 aliphatic heterocycles. The van der Waals surface area contributed by atoms with Crippen LogP contribution >= 0.6 is 0 Å². The summed E-state index contributed by atoms with van der Waals surface area (Å²) in [5.74, 6) is -0.943. The molecule has 0 aromatic carbocycles. The van der Waals surface area contributed by atoms with Gasteiger partial charge in [-0.25, -0.2) is 4.98 Å². The lowest BCUT2D eigenvalue weighted by Crippen LogP contribution is -2.51. The van der Waals surface area contributed by atoms with E-state index in [0.717, 1.165) is 25.5 Å². The normalized spacial score (nSPS) is 24.4. The van der Waals surface area contributed by atoms with Crippen LogP contribution in [0.25, 0.3) is 0 Å². The van der Waals surface area contributed by atoms with Crippen LogP contribution in [0.15, 0.2) is 18.3 Å². The maximum Gasteiger partial charge on any atom is 0.252 e. The van der Waals surface area contributed by atoms with Gasteiger partial charge < -0.3 is 10.1 Å². The number of carbonyl (C=O) groups is 1. The van der Waals surface area contributed by atoms with Gasteiger partial charge in [0.2, 0.25) is 5.95 Å². The molecule has 0 bridgehead atoms. The van der Waals surface area contributed by atoms with E-state index in [2.05, 4.69) is 10.3 Å². The minimum atomic E-state index is -0.650. The van der Waals surface area contributed by atoms with Crippen molar-refractivity contribution in [3.05, 3.63) is 29.8 Å². The molecule has 4 nitrogen and oxygen atoms in total. The summed E-state index contributed by atoms with van der Waals surface area (Å²) in [6.45, 7) is 3.16. The number of halogens is 1. The lowest BCUT2D eigenvalue weighted by molar-refractivity contribution is 0.0272. The summed E-state index contributed by atoms with van der Waals surface area (Å²) in [7, 11) is 0. The van der Waals surface area contributed by atoms with Crippen LogP contribution in [0.3, 0.4) is 0 Å². The number of amides is 1. The van der Waals surface area contributed by atoms with Gasteiger partial charge in [-0.05, 0) is 25.8 Å². The van der Waals surface area contributed by atoms with Gasteiger partial charge in [0, 0.05) is 24.4 Å². The van der Waals surface area contributed by atoms with Crippen molar-refractivity contribution < 1.29 is 13.9 Å². The van der Waals surface area contributed by atoms with Crippen molar-refractivity contribution in [2.24, 2.45) is 0 Å². The number of pyridine rings is 1. The van der Waals surface area contributed by atoms with Crippen molar-refractivity contribution in [2.45, 2.75) is 25.3 Å². The van der Waals surface area contributed by atoms with Crippen molar-refractivity contribution in [2.75, 3.05) is 13.2 Å². The Morgan fingerprint density at radius 1 is 1.65 bits per heavy atom. The van der Waals surface area contributed by atoms with Gasteiger partial charge in [-0.3, -0.25) is 4.79 Å². The summed E-state index contributed by atoms with van der Waals surface area (Å²) >= 11 is 0. The van der Waals surface area contributed by atoms with Crippen LogP contribution in [0, 0.1) is 5.95 Å². The van der Waals surface area contributed by atoms with E-state index in [9.17, 15) is 9.18 Å². The van der Waals surface area contributed by atoms with Crippen LogP contribution in [-0.4, -0.2) is 29.6 Å². The maximum absolute atomic E-state index is 12.9. The summed E-state index contributed by atoms with van der Waals surface area (Å²) in [4.78, 5) is 15.3. The predicted molar refractivity (Wildman–Crippen MR) is 60.1 cm³/mol. The lowest BCUT2D eigenvalue weighted by Gasteiger charge is -2.34. The van der Waals surface area contributed by atoms with Gasteiger partial charge in [-0.2, -0.15) is 4.39 Å². The van der Waals surface area contributed by atoms with Crippen LogP contribution in [0.5, 0.6) is 0 Å². The molecule has 1 atom stereocenters. The molecule has 0 aliphatic carbocycles. The number of aromatic nitrogens is 1. The first-order chi connectivity index (χ1) is 8.09. The third-order valence-electron chi connectivity index (χ3n) is 2.84. The third kappa shape index (κ3) is 3.00. The van der Waals surface area contributed by atoms with Crippen molar-refractivity contribution in [1.29, 1.82) is 0 Å². The fourth-order valence-electron chi connectivity index (χ4n) is 1.92. The molecule has 1 amide bonds. The van der Waals surface area contributed by atoms with Crippen LogP contribution < -0.4 is 5.32 Å². The average Bonchev–Trinajstić information content (AvgIpc) is 2.29. The monoisotopic (exact) mass is 238 g/mol. The van der Waals surface area contributed by atoms with Crippen LogP contribution in [0.1, 0.15) is 30.1 Å². The maximum atomic E-state index is 12.9. The molecule has 1 aliphatic rings. The van der Waals surface area contributed by atoms with E-state index in [1.165, 1.54) is 12.3 Å². The quantitative estimate of drug-likeness (QED) is 0.795. The van der Waals surface area contributed by atoms with Crippen LogP contribution in [-0.2, 0) is 4.74 Å². The number of nitrogens with zero attached hydrogens (tertiary/aromatic N) is 1. The molecule has 0 spiro atoms. The molecule has 5 heteroatoms. The Morgan fingerprint density at radius 2 is 2.47 bits per heavy atom. The van der Waals surface area contributed by atoms with Gasteiger partial charge in [0.15, 0.2) is 0 Å². The molecule has 92 valence electrons. The molecular weight excluding hydrogens is 223 g/mol. The summed E-state index contributed by atoms with van der Waals surface area (Å²) in [6.07, 6.45) is 3.07. The standard InChI is InChI=1S/C12H15FN2O2/c1-12(4-2-6-17-8-12)15-11(16)9-3-5-14-10(13)7-9/h3,5,7H,2,4,6,8H2,1H3,(H,15,16). The number of hydrogen-bond acceptors (Lipinski definition) is 3. The first-order valence-electron chi connectivity index (χ1n) is 5.61. The predicted octanol–water partition coefficient (Wildman–Crippen LogP) is 1.52. The molecule has 0 saturated carbocycles. The van der Waals surface area contributed by atoms with E-state index in [0.29, 0.717) is 6.61 Å². The fourth-order valence-corrected chi connectivity index (χ4v) is 1.92. The first-order valence-corrected chi connectivity index (χ1v) is 5.61. The van der Waals surface area contributed by atoms with Crippen LogP contribution in [0.4, 0.5) is 4.39 Å². The zero-order valence-corrected chi connectivity index (χ0v) is 9.70. The molecule has 1 unspecified atom stereocenters. The van der Waals surface area contributed by atoms with Crippen LogP contribution in [0.2, 0.25) is 0 Å². The van der Waals surface area contributed by atoms with Gasteiger partial charge in [0.1, 0.15) is 0 Å². The minimum absolute atomic E-state index is 0.282. The van der Waals surface area contributed by atoms with E-state index in [1.54, 1.807) is 0 Å². The van der Waals surface area contributed by atoms with E-state index >= 15 is 0 Å². The Kier molecular flexibility index (Phi) is 3.38. The Morgan fingerprint density at radius 3 is 3.12 bits per heavy atom. The number of ether oxygens (including phenoxy) is 1. The Hall–Kier alpha value is -1.49. The summed E-state index contributed by atoms with van der Waals surface area (Å²) in [6, 6.07) is 2.62. The van der Waals surface area contributed by atoms with E-state index < -0.39 is 5.95 Å². The minimum Gasteiger partial charge on any atom is -0.379 e. The molecule has 1 fully saturated rings. The summed E-state index contributed by atoms with van der Waals surface area (Å²) in [5, 5.41) is 2.88. The topological polar surface area (TPSA) is 51.2 Å². The largest absolute Gasteiger partial charge is 0.379 e. The fraction of sp³-hybridized carbons (Fsp3) is 0.500. The summed E-state index contributed by atoms with van der Waals surface area (Å²) < 4.78 is 18.2. The molecule has 2 heterocycles. The Labute approximate surface area is 99.2 Å². The number of nitrogens with one attached hydrogen (secondary N) is 1. The van der Waals surface area contributed by atoms with Crippen molar-refractivity contribution in [1.82, 2.24) is 10.3 Å². The third-order valence-corrected chi connectivity index (χ3v) is 2.84. The zero-order chi connectivity index (χ0) is 12.3. The Bertz CT molecular complexity index is 417.